The average Bonchev–Trinajstić information content (AvgIpc) is 2.39. The summed E-state index contributed by atoms with van der Waals surface area (Å²) < 4.78 is 0. The number of hydrogen-bond donors (Lipinski definition) is 1. The molecule has 1 fully saturated rings. The first-order valence-electron chi connectivity index (χ1n) is 6.02. The molecule has 3 rings (SSSR count). The second kappa shape index (κ2) is 4.22. The van der Waals surface area contributed by atoms with Gasteiger partial charge in [0.1, 0.15) is 0 Å². The normalized spacial score (nSPS) is 21.1. The number of nitrogens with zero attached hydrogens (tertiary/aromatic N) is 1. The Bertz CT molecular complexity index is 482. The van der Waals surface area contributed by atoms with Crippen LogP contribution in [0.25, 0.3) is 10.9 Å². The number of benzene rings is 1. The van der Waals surface area contributed by atoms with E-state index < -0.39 is 0 Å². The minimum Gasteiger partial charge on any atom is -0.310 e. The van der Waals surface area contributed by atoms with E-state index in [9.17, 15) is 0 Å². The number of hydrogen-bond acceptors (Lipinski definition) is 2. The highest BCUT2D eigenvalue weighted by molar-refractivity contribution is 5.82. The van der Waals surface area contributed by atoms with Crippen molar-refractivity contribution < 1.29 is 0 Å². The van der Waals surface area contributed by atoms with Crippen molar-refractivity contribution in [2.45, 2.75) is 25.3 Å². The van der Waals surface area contributed by atoms with Gasteiger partial charge in [0.15, 0.2) is 0 Å². The molecule has 2 heteroatoms. The van der Waals surface area contributed by atoms with Gasteiger partial charge in [0.2, 0.25) is 0 Å². The smallest absolute Gasteiger partial charge is 0.0749 e. The quantitative estimate of drug-likeness (QED) is 0.786. The van der Waals surface area contributed by atoms with E-state index in [1.54, 1.807) is 0 Å². The summed E-state index contributed by atoms with van der Waals surface area (Å²) in [6, 6.07) is 11.1. The highest BCUT2D eigenvalue weighted by Crippen LogP contribution is 2.27. The van der Waals surface area contributed by atoms with Gasteiger partial charge < -0.3 is 5.32 Å². The molecule has 1 atom stereocenters. The zero-order chi connectivity index (χ0) is 10.8. The summed E-state index contributed by atoms with van der Waals surface area (Å²) in [5, 5.41) is 4.83. The first-order valence-corrected chi connectivity index (χ1v) is 6.02. The summed E-state index contributed by atoms with van der Waals surface area (Å²) in [6.45, 7) is 1.13. The van der Waals surface area contributed by atoms with Gasteiger partial charge in [-0.1, -0.05) is 30.7 Å². The number of nitrogens with one attached hydrogen (secondary N) is 1. The van der Waals surface area contributed by atoms with Crippen molar-refractivity contribution in [3.05, 3.63) is 42.1 Å². The van der Waals surface area contributed by atoms with E-state index in [0.717, 1.165) is 12.1 Å². The molecule has 1 aromatic carbocycles. The Morgan fingerprint density at radius 1 is 1.12 bits per heavy atom. The number of pyridine rings is 1. The van der Waals surface area contributed by atoms with Gasteiger partial charge in [-0.3, -0.25) is 4.98 Å². The van der Waals surface area contributed by atoms with Gasteiger partial charge in [0.25, 0.3) is 0 Å². The van der Waals surface area contributed by atoms with E-state index >= 15 is 0 Å². The van der Waals surface area contributed by atoms with Crippen molar-refractivity contribution in [3.63, 3.8) is 0 Å². The topological polar surface area (TPSA) is 24.9 Å². The van der Waals surface area contributed by atoms with Crippen molar-refractivity contribution in [2.75, 3.05) is 6.54 Å². The van der Waals surface area contributed by atoms with Gasteiger partial charge in [-0.2, -0.15) is 0 Å². The number of para-hydroxylation sites is 1. The first kappa shape index (κ1) is 9.79. The van der Waals surface area contributed by atoms with Crippen LogP contribution < -0.4 is 5.32 Å². The molecule has 16 heavy (non-hydrogen) atoms. The van der Waals surface area contributed by atoms with Crippen LogP contribution in [0.5, 0.6) is 0 Å². The maximum atomic E-state index is 4.52. The van der Waals surface area contributed by atoms with Gasteiger partial charge in [-0.25, -0.2) is 0 Å². The third kappa shape index (κ3) is 1.69. The summed E-state index contributed by atoms with van der Waals surface area (Å²) in [5.74, 6) is 0. The molecule has 1 N–H and O–H groups in total. The van der Waals surface area contributed by atoms with Crippen LogP contribution in [0, 0.1) is 0 Å². The maximum absolute atomic E-state index is 4.52. The second-order valence-electron chi connectivity index (χ2n) is 4.42. The Hall–Kier alpha value is -1.41. The Labute approximate surface area is 95.7 Å². The predicted molar refractivity (Wildman–Crippen MR) is 66.3 cm³/mol. The summed E-state index contributed by atoms with van der Waals surface area (Å²) in [4.78, 5) is 4.52. The summed E-state index contributed by atoms with van der Waals surface area (Å²) in [5.41, 5.74) is 2.52. The molecule has 1 aliphatic heterocycles. The highest BCUT2D eigenvalue weighted by Gasteiger charge is 2.16. The molecule has 0 spiro atoms. The van der Waals surface area contributed by atoms with Crippen LogP contribution >= 0.6 is 0 Å². The Kier molecular flexibility index (Phi) is 2.58. The monoisotopic (exact) mass is 212 g/mol. The van der Waals surface area contributed by atoms with Crippen molar-refractivity contribution in [3.8, 4) is 0 Å². The van der Waals surface area contributed by atoms with E-state index in [-0.39, 0.29) is 0 Å². The largest absolute Gasteiger partial charge is 0.310 e. The zero-order valence-electron chi connectivity index (χ0n) is 9.32. The Balaban J connectivity index is 2.08. The van der Waals surface area contributed by atoms with Gasteiger partial charge in [-0.15, -0.1) is 0 Å². The molecule has 0 bridgehead atoms. The standard InChI is InChI=1S/C14H16N2/c1-2-9-15-13(8-1)12-7-3-5-11-6-4-10-16-14(11)12/h3-7,10,13,15H,1-2,8-9H2/t13-/m0/s1. The molecule has 0 unspecified atom stereocenters. The molecule has 2 heterocycles. The Morgan fingerprint density at radius 3 is 2.94 bits per heavy atom. The minimum absolute atomic E-state index is 0.493. The van der Waals surface area contributed by atoms with Crippen molar-refractivity contribution >= 4 is 10.9 Å². The second-order valence-corrected chi connectivity index (χ2v) is 4.42. The van der Waals surface area contributed by atoms with E-state index in [0.29, 0.717) is 6.04 Å². The van der Waals surface area contributed by atoms with Crippen molar-refractivity contribution in [1.29, 1.82) is 0 Å². The molecule has 1 saturated heterocycles. The first-order chi connectivity index (χ1) is 7.95. The number of fused-ring (bicyclic) bond motifs is 1. The fourth-order valence-electron chi connectivity index (χ4n) is 2.53. The lowest BCUT2D eigenvalue weighted by atomic mass is 9.95. The fraction of sp³-hybridized carbons (Fsp3) is 0.357. The molecule has 2 aromatic rings. The highest BCUT2D eigenvalue weighted by atomic mass is 14.9. The number of rotatable bonds is 1. The summed E-state index contributed by atoms with van der Waals surface area (Å²) in [6.07, 6.45) is 5.74. The van der Waals surface area contributed by atoms with Crippen LogP contribution in [0.1, 0.15) is 30.9 Å². The molecule has 2 nitrogen and oxygen atoms in total. The van der Waals surface area contributed by atoms with Gasteiger partial charge in [-0.05, 0) is 31.0 Å². The lowest BCUT2D eigenvalue weighted by Crippen LogP contribution is -2.26. The van der Waals surface area contributed by atoms with Crippen molar-refractivity contribution in [1.82, 2.24) is 10.3 Å². The molecular weight excluding hydrogens is 196 g/mol. The van der Waals surface area contributed by atoms with E-state index in [4.69, 9.17) is 0 Å². The molecule has 1 aliphatic rings. The van der Waals surface area contributed by atoms with Crippen LogP contribution in [-0.2, 0) is 0 Å². The zero-order valence-corrected chi connectivity index (χ0v) is 9.32. The maximum Gasteiger partial charge on any atom is 0.0749 e. The molecule has 0 aliphatic carbocycles. The molecule has 1 aromatic heterocycles. The van der Waals surface area contributed by atoms with E-state index in [1.807, 2.05) is 12.3 Å². The van der Waals surface area contributed by atoms with Gasteiger partial charge in [0.05, 0.1) is 5.52 Å². The van der Waals surface area contributed by atoms with Crippen LogP contribution in [-0.4, -0.2) is 11.5 Å². The Morgan fingerprint density at radius 2 is 2.06 bits per heavy atom. The molecule has 82 valence electrons. The van der Waals surface area contributed by atoms with Crippen LogP contribution in [0.2, 0.25) is 0 Å². The molecule has 0 radical (unpaired) electrons. The third-order valence-electron chi connectivity index (χ3n) is 3.35. The fourth-order valence-corrected chi connectivity index (χ4v) is 2.53. The SMILES string of the molecule is c1cnc2c([C@@H]3CCCCN3)cccc2c1. The lowest BCUT2D eigenvalue weighted by Gasteiger charge is -2.24. The van der Waals surface area contributed by atoms with E-state index in [2.05, 4.69) is 34.6 Å². The predicted octanol–water partition coefficient (Wildman–Crippen LogP) is 3.05. The van der Waals surface area contributed by atoms with E-state index in [1.165, 1.54) is 30.2 Å². The summed E-state index contributed by atoms with van der Waals surface area (Å²) in [7, 11) is 0. The van der Waals surface area contributed by atoms with Crippen molar-refractivity contribution in [2.24, 2.45) is 0 Å². The van der Waals surface area contributed by atoms with Crippen LogP contribution in [0.4, 0.5) is 0 Å². The minimum atomic E-state index is 0.493. The molecular formula is C14H16N2. The third-order valence-corrected chi connectivity index (χ3v) is 3.35. The molecule has 0 saturated carbocycles. The van der Waals surface area contributed by atoms with Crippen LogP contribution in [0.15, 0.2) is 36.5 Å². The van der Waals surface area contributed by atoms with Gasteiger partial charge in [0, 0.05) is 17.6 Å². The average molecular weight is 212 g/mol. The number of aromatic nitrogens is 1. The van der Waals surface area contributed by atoms with Crippen LogP contribution in [0.3, 0.4) is 0 Å². The van der Waals surface area contributed by atoms with Gasteiger partial charge >= 0.3 is 0 Å². The number of piperidine rings is 1. The molecule has 0 amide bonds. The lowest BCUT2D eigenvalue weighted by molar-refractivity contribution is 0.414. The summed E-state index contributed by atoms with van der Waals surface area (Å²) >= 11 is 0.